The molecule has 1 unspecified atom stereocenters. The Morgan fingerprint density at radius 2 is 2.05 bits per heavy atom. The predicted molar refractivity (Wildman–Crippen MR) is 65.6 cm³/mol. The van der Waals surface area contributed by atoms with Crippen LogP contribution in [0.3, 0.4) is 0 Å². The molecular formula is C11H17NO6S. The van der Waals surface area contributed by atoms with E-state index < -0.39 is 38.8 Å². The molecule has 0 saturated carbocycles. The molecule has 0 N–H and O–H groups in total. The van der Waals surface area contributed by atoms with Crippen LogP contribution in [0.15, 0.2) is 0 Å². The summed E-state index contributed by atoms with van der Waals surface area (Å²) >= 11 is 0. The molecular weight excluding hydrogens is 274 g/mol. The maximum absolute atomic E-state index is 11.9. The molecule has 1 saturated heterocycles. The molecule has 8 heteroatoms. The van der Waals surface area contributed by atoms with Crippen LogP contribution in [-0.4, -0.2) is 48.8 Å². The van der Waals surface area contributed by atoms with Gasteiger partial charge in [0, 0.05) is 13.5 Å². The van der Waals surface area contributed by atoms with Crippen molar-refractivity contribution < 1.29 is 27.5 Å². The Bertz CT molecular complexity index is 483. The van der Waals surface area contributed by atoms with Crippen molar-refractivity contribution in [2.75, 3.05) is 12.5 Å². The highest BCUT2D eigenvalue weighted by Gasteiger charge is 2.46. The number of hydrogen-bond acceptors (Lipinski definition) is 6. The zero-order valence-corrected chi connectivity index (χ0v) is 11.7. The lowest BCUT2D eigenvalue weighted by molar-refractivity contribution is -0.140. The fourth-order valence-corrected chi connectivity index (χ4v) is 3.06. The van der Waals surface area contributed by atoms with E-state index in [0.717, 1.165) is 18.2 Å². The number of hydrogen-bond donors (Lipinski definition) is 0. The number of imide groups is 1. The molecule has 1 aliphatic heterocycles. The van der Waals surface area contributed by atoms with Crippen LogP contribution in [0.25, 0.3) is 0 Å². The van der Waals surface area contributed by atoms with E-state index in [1.807, 2.05) is 6.92 Å². The summed E-state index contributed by atoms with van der Waals surface area (Å²) in [5.74, 6) is -2.82. The Morgan fingerprint density at radius 1 is 1.42 bits per heavy atom. The van der Waals surface area contributed by atoms with Crippen LogP contribution in [0, 0.1) is 0 Å². The number of esters is 1. The molecule has 1 atom stereocenters. The monoisotopic (exact) mass is 291 g/mol. The number of ether oxygens (including phenoxy) is 1. The van der Waals surface area contributed by atoms with Crippen molar-refractivity contribution in [2.24, 2.45) is 0 Å². The van der Waals surface area contributed by atoms with Crippen LogP contribution in [0.1, 0.15) is 33.1 Å². The van der Waals surface area contributed by atoms with Gasteiger partial charge in [-0.3, -0.25) is 19.3 Å². The summed E-state index contributed by atoms with van der Waals surface area (Å²) in [6, 6.07) is 0. The van der Waals surface area contributed by atoms with Crippen LogP contribution in [0.5, 0.6) is 0 Å². The lowest BCUT2D eigenvalue weighted by Crippen LogP contribution is -2.37. The summed E-state index contributed by atoms with van der Waals surface area (Å²) in [7, 11) is -3.95. The largest absolute Gasteiger partial charge is 0.449 e. The van der Waals surface area contributed by atoms with E-state index >= 15 is 0 Å². The maximum atomic E-state index is 11.9. The lowest BCUT2D eigenvalue weighted by atomic mass is 10.3. The van der Waals surface area contributed by atoms with Gasteiger partial charge in [0.15, 0.2) is 21.0 Å². The first kappa shape index (κ1) is 15.6. The number of sulfone groups is 1. The molecule has 0 radical (unpaired) electrons. The van der Waals surface area contributed by atoms with Gasteiger partial charge in [-0.05, 0) is 6.42 Å². The number of nitrogens with zero attached hydrogens (tertiary/aromatic N) is 1. The number of likely N-dealkylation sites (tertiary alicyclic amines) is 1. The van der Waals surface area contributed by atoms with Crippen LogP contribution < -0.4 is 0 Å². The highest BCUT2D eigenvalue weighted by atomic mass is 32.2. The van der Waals surface area contributed by atoms with Gasteiger partial charge in [-0.2, -0.15) is 0 Å². The highest BCUT2D eigenvalue weighted by molar-refractivity contribution is 7.92. The fraction of sp³-hybridized carbons (Fsp3) is 0.727. The zero-order chi connectivity index (χ0) is 14.6. The van der Waals surface area contributed by atoms with Crippen molar-refractivity contribution in [1.29, 1.82) is 0 Å². The van der Waals surface area contributed by atoms with E-state index in [1.54, 1.807) is 0 Å². The summed E-state index contributed by atoms with van der Waals surface area (Å²) in [6.45, 7) is 3.21. The smallest absolute Gasteiger partial charge is 0.303 e. The Morgan fingerprint density at radius 3 is 2.58 bits per heavy atom. The van der Waals surface area contributed by atoms with Crippen molar-refractivity contribution in [3.63, 3.8) is 0 Å². The van der Waals surface area contributed by atoms with Gasteiger partial charge < -0.3 is 4.74 Å². The molecule has 0 bridgehead atoms. The highest BCUT2D eigenvalue weighted by Crippen LogP contribution is 2.21. The maximum Gasteiger partial charge on any atom is 0.303 e. The van der Waals surface area contributed by atoms with Crippen LogP contribution in [-0.2, 0) is 29.0 Å². The molecule has 0 spiro atoms. The van der Waals surface area contributed by atoms with Crippen molar-refractivity contribution in [3.8, 4) is 0 Å². The first-order valence-corrected chi connectivity index (χ1v) is 7.70. The van der Waals surface area contributed by atoms with Crippen molar-refractivity contribution in [1.82, 2.24) is 4.90 Å². The molecule has 1 aliphatic rings. The van der Waals surface area contributed by atoms with E-state index in [0.29, 0.717) is 6.42 Å². The summed E-state index contributed by atoms with van der Waals surface area (Å²) in [5, 5.41) is -1.42. The average Bonchev–Trinajstić information content (AvgIpc) is 2.61. The Labute approximate surface area is 111 Å². The van der Waals surface area contributed by atoms with Crippen molar-refractivity contribution in [2.45, 2.75) is 38.4 Å². The zero-order valence-electron chi connectivity index (χ0n) is 10.9. The summed E-state index contributed by atoms with van der Waals surface area (Å²) < 4.78 is 28.1. The van der Waals surface area contributed by atoms with Gasteiger partial charge >= 0.3 is 5.97 Å². The quantitative estimate of drug-likeness (QED) is 0.498. The minimum absolute atomic E-state index is 0.230. The molecule has 0 aromatic heterocycles. The topological polar surface area (TPSA) is 97.8 Å². The van der Waals surface area contributed by atoms with Crippen molar-refractivity contribution >= 4 is 27.6 Å². The van der Waals surface area contributed by atoms with E-state index in [2.05, 4.69) is 4.74 Å². The van der Waals surface area contributed by atoms with E-state index in [1.165, 1.54) is 0 Å². The summed E-state index contributed by atoms with van der Waals surface area (Å²) in [6.07, 6.45) is 1.06. The minimum atomic E-state index is -3.95. The van der Waals surface area contributed by atoms with Crippen LogP contribution in [0.2, 0.25) is 0 Å². The first-order valence-electron chi connectivity index (χ1n) is 5.98. The second-order valence-electron chi connectivity index (χ2n) is 4.35. The number of carbonyl (C=O) groups excluding carboxylic acids is 3. The third-order valence-corrected chi connectivity index (χ3v) is 4.48. The van der Waals surface area contributed by atoms with Crippen LogP contribution >= 0.6 is 0 Å². The van der Waals surface area contributed by atoms with Gasteiger partial charge in [0.2, 0.25) is 11.8 Å². The van der Waals surface area contributed by atoms with Crippen LogP contribution in [0.4, 0.5) is 0 Å². The normalized spacial score (nSPS) is 19.9. The lowest BCUT2D eigenvalue weighted by Gasteiger charge is -2.14. The molecule has 19 heavy (non-hydrogen) atoms. The number of amides is 2. The summed E-state index contributed by atoms with van der Waals surface area (Å²) in [4.78, 5) is 35.1. The van der Waals surface area contributed by atoms with Gasteiger partial charge in [-0.15, -0.1) is 0 Å². The Balaban J connectivity index is 2.77. The van der Waals surface area contributed by atoms with Gasteiger partial charge in [0.25, 0.3) is 0 Å². The molecule has 1 rings (SSSR count). The molecule has 1 heterocycles. The molecule has 0 aromatic rings. The first-order chi connectivity index (χ1) is 8.79. The number of rotatable bonds is 6. The van der Waals surface area contributed by atoms with E-state index in [4.69, 9.17) is 0 Å². The standard InChI is InChI=1S/C11H17NO6S/c1-3-4-5-12-10(14)6-9(11(12)15)19(16,17)7-18-8(2)13/h9H,3-7H2,1-2H3. The minimum Gasteiger partial charge on any atom is -0.449 e. The van der Waals surface area contributed by atoms with Crippen molar-refractivity contribution in [3.05, 3.63) is 0 Å². The van der Waals surface area contributed by atoms with Gasteiger partial charge in [0.1, 0.15) is 0 Å². The average molecular weight is 291 g/mol. The Hall–Kier alpha value is -1.44. The second-order valence-corrected chi connectivity index (χ2v) is 6.48. The number of carbonyl (C=O) groups is 3. The molecule has 0 aromatic carbocycles. The predicted octanol–water partition coefficient (Wildman–Crippen LogP) is -0.151. The Kier molecular flexibility index (Phi) is 5.04. The summed E-state index contributed by atoms with van der Waals surface area (Å²) in [5.41, 5.74) is 0. The van der Waals surface area contributed by atoms with Gasteiger partial charge in [-0.25, -0.2) is 8.42 Å². The number of unbranched alkanes of at least 4 members (excludes halogenated alkanes) is 1. The molecule has 0 aliphatic carbocycles. The van der Waals surface area contributed by atoms with Gasteiger partial charge in [0.05, 0.1) is 6.42 Å². The third kappa shape index (κ3) is 3.76. The van der Waals surface area contributed by atoms with E-state index in [-0.39, 0.29) is 13.0 Å². The van der Waals surface area contributed by atoms with E-state index in [9.17, 15) is 22.8 Å². The molecule has 108 valence electrons. The molecule has 1 fully saturated rings. The fourth-order valence-electron chi connectivity index (χ4n) is 1.73. The third-order valence-electron chi connectivity index (χ3n) is 2.80. The molecule has 7 nitrogen and oxygen atoms in total. The van der Waals surface area contributed by atoms with Gasteiger partial charge in [-0.1, -0.05) is 13.3 Å². The second kappa shape index (κ2) is 6.14. The molecule has 2 amide bonds. The SMILES string of the molecule is CCCCN1C(=O)CC(S(=O)(=O)COC(C)=O)C1=O.